The molecule has 102 valence electrons. The Morgan fingerprint density at radius 3 is 2.84 bits per heavy atom. The Hall–Kier alpha value is -1.81. The van der Waals surface area contributed by atoms with Crippen LogP contribution in [0.2, 0.25) is 0 Å². The van der Waals surface area contributed by atoms with E-state index in [0.29, 0.717) is 6.61 Å². The van der Waals surface area contributed by atoms with E-state index in [1.54, 1.807) is 6.20 Å². The molecular weight excluding hydrogens is 238 g/mol. The SMILES string of the molecule is CCCn1ccnc1C(N)c1ccccc1OCC. The van der Waals surface area contributed by atoms with Gasteiger partial charge < -0.3 is 15.0 Å². The summed E-state index contributed by atoms with van der Waals surface area (Å²) in [7, 11) is 0. The molecule has 0 fully saturated rings. The highest BCUT2D eigenvalue weighted by Gasteiger charge is 2.18. The Labute approximate surface area is 114 Å². The lowest BCUT2D eigenvalue weighted by molar-refractivity contribution is 0.335. The van der Waals surface area contributed by atoms with Crippen LogP contribution >= 0.6 is 0 Å². The molecule has 1 heterocycles. The molecule has 0 amide bonds. The summed E-state index contributed by atoms with van der Waals surface area (Å²) >= 11 is 0. The lowest BCUT2D eigenvalue weighted by Gasteiger charge is -2.17. The van der Waals surface area contributed by atoms with Crippen LogP contribution in [0.1, 0.15) is 37.7 Å². The van der Waals surface area contributed by atoms with E-state index in [4.69, 9.17) is 10.5 Å². The van der Waals surface area contributed by atoms with Gasteiger partial charge in [-0.3, -0.25) is 0 Å². The highest BCUT2D eigenvalue weighted by Crippen LogP contribution is 2.27. The summed E-state index contributed by atoms with van der Waals surface area (Å²) in [6, 6.07) is 7.63. The van der Waals surface area contributed by atoms with E-state index in [-0.39, 0.29) is 6.04 Å². The monoisotopic (exact) mass is 259 g/mol. The number of aryl methyl sites for hydroxylation is 1. The standard InChI is InChI=1S/C15H21N3O/c1-3-10-18-11-9-17-15(18)14(16)12-7-5-6-8-13(12)19-4-2/h5-9,11,14H,3-4,10,16H2,1-2H3. The first kappa shape index (κ1) is 13.6. The average Bonchev–Trinajstić information content (AvgIpc) is 2.88. The summed E-state index contributed by atoms with van der Waals surface area (Å²) < 4.78 is 7.74. The first-order chi connectivity index (χ1) is 9.27. The predicted octanol–water partition coefficient (Wildman–Crippen LogP) is 2.74. The quantitative estimate of drug-likeness (QED) is 0.867. The Morgan fingerprint density at radius 2 is 2.11 bits per heavy atom. The van der Waals surface area contributed by atoms with Crippen LogP contribution < -0.4 is 10.5 Å². The molecule has 2 aromatic rings. The molecular formula is C15H21N3O. The van der Waals surface area contributed by atoms with E-state index >= 15 is 0 Å². The van der Waals surface area contributed by atoms with Crippen LogP contribution in [-0.4, -0.2) is 16.2 Å². The Balaban J connectivity index is 2.32. The molecule has 0 aliphatic carbocycles. The van der Waals surface area contributed by atoms with Gasteiger partial charge in [-0.25, -0.2) is 4.98 Å². The van der Waals surface area contributed by atoms with Gasteiger partial charge in [0.05, 0.1) is 12.6 Å². The highest BCUT2D eigenvalue weighted by atomic mass is 16.5. The average molecular weight is 259 g/mol. The van der Waals surface area contributed by atoms with Crippen LogP contribution in [0.5, 0.6) is 5.75 Å². The molecule has 0 saturated heterocycles. The Bertz CT molecular complexity index is 522. The number of nitrogens with two attached hydrogens (primary N) is 1. The van der Waals surface area contributed by atoms with Crippen LogP contribution in [0, 0.1) is 0 Å². The van der Waals surface area contributed by atoms with Crippen molar-refractivity contribution in [2.24, 2.45) is 5.73 Å². The molecule has 19 heavy (non-hydrogen) atoms. The summed E-state index contributed by atoms with van der Waals surface area (Å²) in [6.45, 7) is 5.68. The number of imidazole rings is 1. The van der Waals surface area contributed by atoms with Crippen molar-refractivity contribution >= 4 is 0 Å². The Kier molecular flexibility index (Phi) is 4.58. The minimum atomic E-state index is -0.260. The van der Waals surface area contributed by atoms with Gasteiger partial charge in [0.2, 0.25) is 0 Å². The summed E-state index contributed by atoms with van der Waals surface area (Å²) in [5, 5.41) is 0. The molecule has 0 radical (unpaired) electrons. The molecule has 0 saturated carbocycles. The van der Waals surface area contributed by atoms with Crippen LogP contribution in [-0.2, 0) is 6.54 Å². The maximum absolute atomic E-state index is 6.36. The number of hydrogen-bond acceptors (Lipinski definition) is 3. The van der Waals surface area contributed by atoms with Crippen molar-refractivity contribution in [1.29, 1.82) is 0 Å². The van der Waals surface area contributed by atoms with Gasteiger partial charge in [0.25, 0.3) is 0 Å². The summed E-state index contributed by atoms with van der Waals surface area (Å²) in [4.78, 5) is 4.39. The van der Waals surface area contributed by atoms with Gasteiger partial charge in [-0.15, -0.1) is 0 Å². The van der Waals surface area contributed by atoms with E-state index in [0.717, 1.165) is 30.1 Å². The molecule has 1 aromatic heterocycles. The van der Waals surface area contributed by atoms with Crippen LogP contribution in [0.4, 0.5) is 0 Å². The van der Waals surface area contributed by atoms with Gasteiger partial charge in [-0.1, -0.05) is 25.1 Å². The number of aromatic nitrogens is 2. The third-order valence-electron chi connectivity index (χ3n) is 3.04. The second-order valence-corrected chi connectivity index (χ2v) is 4.43. The zero-order valence-electron chi connectivity index (χ0n) is 11.5. The summed E-state index contributed by atoms with van der Waals surface area (Å²) in [6.07, 6.45) is 4.83. The van der Waals surface area contributed by atoms with Crippen molar-refractivity contribution in [2.45, 2.75) is 32.9 Å². The molecule has 1 aromatic carbocycles. The van der Waals surface area contributed by atoms with E-state index < -0.39 is 0 Å². The van der Waals surface area contributed by atoms with Crippen molar-refractivity contribution < 1.29 is 4.74 Å². The lowest BCUT2D eigenvalue weighted by atomic mass is 10.1. The number of hydrogen-bond donors (Lipinski definition) is 1. The van der Waals surface area contributed by atoms with Crippen molar-refractivity contribution in [3.63, 3.8) is 0 Å². The fourth-order valence-electron chi connectivity index (χ4n) is 2.19. The van der Waals surface area contributed by atoms with Crippen molar-refractivity contribution in [3.05, 3.63) is 48.0 Å². The third-order valence-corrected chi connectivity index (χ3v) is 3.04. The predicted molar refractivity (Wildman–Crippen MR) is 76.2 cm³/mol. The molecule has 0 aliphatic rings. The molecule has 4 heteroatoms. The van der Waals surface area contributed by atoms with E-state index in [9.17, 15) is 0 Å². The Morgan fingerprint density at radius 1 is 1.32 bits per heavy atom. The fraction of sp³-hybridized carbons (Fsp3) is 0.400. The molecule has 2 rings (SSSR count). The van der Waals surface area contributed by atoms with Gasteiger partial charge in [0.15, 0.2) is 0 Å². The van der Waals surface area contributed by atoms with Crippen LogP contribution in [0.3, 0.4) is 0 Å². The van der Waals surface area contributed by atoms with Gasteiger partial charge in [0, 0.05) is 24.5 Å². The topological polar surface area (TPSA) is 53.1 Å². The van der Waals surface area contributed by atoms with E-state index in [1.807, 2.05) is 37.4 Å². The molecule has 4 nitrogen and oxygen atoms in total. The number of benzene rings is 1. The first-order valence-electron chi connectivity index (χ1n) is 6.76. The first-order valence-corrected chi connectivity index (χ1v) is 6.76. The number of ether oxygens (including phenoxy) is 1. The zero-order chi connectivity index (χ0) is 13.7. The van der Waals surface area contributed by atoms with Crippen molar-refractivity contribution in [3.8, 4) is 5.75 Å². The maximum atomic E-state index is 6.36. The maximum Gasteiger partial charge on any atom is 0.130 e. The van der Waals surface area contributed by atoms with Crippen LogP contribution in [0.25, 0.3) is 0 Å². The summed E-state index contributed by atoms with van der Waals surface area (Å²) in [5.74, 6) is 1.72. The van der Waals surface area contributed by atoms with Gasteiger partial charge in [-0.05, 0) is 19.4 Å². The molecule has 2 N–H and O–H groups in total. The molecule has 0 aliphatic heterocycles. The second kappa shape index (κ2) is 6.38. The number of nitrogens with zero attached hydrogens (tertiary/aromatic N) is 2. The van der Waals surface area contributed by atoms with Crippen molar-refractivity contribution in [1.82, 2.24) is 9.55 Å². The van der Waals surface area contributed by atoms with Crippen LogP contribution in [0.15, 0.2) is 36.7 Å². The highest BCUT2D eigenvalue weighted by molar-refractivity contribution is 5.38. The number of para-hydroxylation sites is 1. The van der Waals surface area contributed by atoms with Gasteiger partial charge >= 0.3 is 0 Å². The van der Waals surface area contributed by atoms with Gasteiger partial charge in [0.1, 0.15) is 11.6 Å². The normalized spacial score (nSPS) is 12.4. The van der Waals surface area contributed by atoms with Gasteiger partial charge in [-0.2, -0.15) is 0 Å². The lowest BCUT2D eigenvalue weighted by Crippen LogP contribution is -2.18. The fourth-order valence-corrected chi connectivity index (χ4v) is 2.19. The largest absolute Gasteiger partial charge is 0.494 e. The third kappa shape index (κ3) is 2.96. The summed E-state index contributed by atoms with van der Waals surface area (Å²) in [5.41, 5.74) is 7.34. The second-order valence-electron chi connectivity index (χ2n) is 4.43. The minimum absolute atomic E-state index is 0.260. The molecule has 0 bridgehead atoms. The zero-order valence-corrected chi connectivity index (χ0v) is 11.5. The van der Waals surface area contributed by atoms with E-state index in [2.05, 4.69) is 16.5 Å². The van der Waals surface area contributed by atoms with E-state index in [1.165, 1.54) is 0 Å². The molecule has 0 spiro atoms. The molecule has 1 unspecified atom stereocenters. The smallest absolute Gasteiger partial charge is 0.130 e. The minimum Gasteiger partial charge on any atom is -0.494 e. The number of rotatable bonds is 6. The van der Waals surface area contributed by atoms with Crippen molar-refractivity contribution in [2.75, 3.05) is 6.61 Å². The molecule has 1 atom stereocenters.